The minimum Gasteiger partial charge on any atom is -0.351 e. The van der Waals surface area contributed by atoms with Gasteiger partial charge in [-0.2, -0.15) is 0 Å². The minimum absolute atomic E-state index is 0.0472. The second-order valence-corrected chi connectivity index (χ2v) is 10.4. The standard InChI is InChI=1S/C16H18N2O3S3/c1-11(15(19)17-13-7-8-24(20,21)10-13)23-16-18-14(9-22-16)12-5-3-2-4-6-12/h2-6,9,11,13H,7-8,10H2,1H3,(H,17,19). The number of carbonyl (C=O) groups excluding carboxylic acids is 1. The number of aromatic nitrogens is 1. The maximum atomic E-state index is 12.2. The Morgan fingerprint density at radius 2 is 2.12 bits per heavy atom. The molecule has 1 aliphatic heterocycles. The molecule has 2 atom stereocenters. The first kappa shape index (κ1) is 17.4. The molecule has 2 unspecified atom stereocenters. The van der Waals surface area contributed by atoms with Crippen molar-refractivity contribution in [1.82, 2.24) is 10.3 Å². The van der Waals surface area contributed by atoms with E-state index in [1.54, 1.807) is 0 Å². The van der Waals surface area contributed by atoms with E-state index in [4.69, 9.17) is 0 Å². The van der Waals surface area contributed by atoms with Gasteiger partial charge >= 0.3 is 0 Å². The first-order chi connectivity index (χ1) is 11.4. The smallest absolute Gasteiger partial charge is 0.233 e. The predicted molar refractivity (Wildman–Crippen MR) is 98.1 cm³/mol. The van der Waals surface area contributed by atoms with Crippen molar-refractivity contribution in [3.8, 4) is 11.3 Å². The Labute approximate surface area is 149 Å². The highest BCUT2D eigenvalue weighted by Gasteiger charge is 2.30. The molecular weight excluding hydrogens is 364 g/mol. The van der Waals surface area contributed by atoms with Crippen molar-refractivity contribution in [2.45, 2.75) is 29.0 Å². The number of nitrogens with one attached hydrogen (secondary N) is 1. The zero-order valence-corrected chi connectivity index (χ0v) is 15.6. The van der Waals surface area contributed by atoms with Gasteiger partial charge in [0.15, 0.2) is 14.2 Å². The average molecular weight is 383 g/mol. The molecule has 1 aromatic carbocycles. The van der Waals surface area contributed by atoms with E-state index in [9.17, 15) is 13.2 Å². The van der Waals surface area contributed by atoms with E-state index in [2.05, 4.69) is 10.3 Å². The minimum atomic E-state index is -2.98. The maximum absolute atomic E-state index is 12.2. The van der Waals surface area contributed by atoms with Crippen molar-refractivity contribution in [2.24, 2.45) is 0 Å². The van der Waals surface area contributed by atoms with Crippen LogP contribution >= 0.6 is 23.1 Å². The van der Waals surface area contributed by atoms with E-state index >= 15 is 0 Å². The summed E-state index contributed by atoms with van der Waals surface area (Å²) in [5.41, 5.74) is 1.95. The van der Waals surface area contributed by atoms with Gasteiger partial charge in [0, 0.05) is 17.0 Å². The molecule has 2 aromatic rings. The van der Waals surface area contributed by atoms with Crippen LogP contribution in [0.1, 0.15) is 13.3 Å². The Morgan fingerprint density at radius 3 is 2.79 bits per heavy atom. The topological polar surface area (TPSA) is 76.1 Å². The molecule has 8 heteroatoms. The van der Waals surface area contributed by atoms with Crippen molar-refractivity contribution in [3.63, 3.8) is 0 Å². The summed E-state index contributed by atoms with van der Waals surface area (Å²) in [6.07, 6.45) is 0.501. The monoisotopic (exact) mass is 382 g/mol. The van der Waals surface area contributed by atoms with Crippen molar-refractivity contribution in [1.29, 1.82) is 0 Å². The van der Waals surface area contributed by atoms with Crippen LogP contribution in [0.15, 0.2) is 40.1 Å². The molecule has 0 spiro atoms. The number of rotatable bonds is 5. The number of thioether (sulfide) groups is 1. The number of benzene rings is 1. The number of hydrogen-bond acceptors (Lipinski definition) is 6. The summed E-state index contributed by atoms with van der Waals surface area (Å²) in [7, 11) is -2.98. The van der Waals surface area contributed by atoms with Crippen LogP contribution in [-0.2, 0) is 14.6 Å². The van der Waals surface area contributed by atoms with Gasteiger partial charge in [-0.3, -0.25) is 4.79 Å². The molecule has 128 valence electrons. The normalized spacial score (nSPS) is 20.6. The van der Waals surface area contributed by atoms with E-state index in [-0.39, 0.29) is 28.7 Å². The van der Waals surface area contributed by atoms with Crippen LogP contribution in [0, 0.1) is 0 Å². The molecule has 24 heavy (non-hydrogen) atoms. The highest BCUT2D eigenvalue weighted by molar-refractivity contribution is 8.02. The summed E-state index contributed by atoms with van der Waals surface area (Å²) in [4.78, 5) is 16.8. The van der Waals surface area contributed by atoms with Crippen LogP contribution < -0.4 is 5.32 Å². The highest BCUT2D eigenvalue weighted by Crippen LogP contribution is 2.30. The number of amides is 1. The molecule has 1 amide bonds. The average Bonchev–Trinajstić information content (AvgIpc) is 3.14. The lowest BCUT2D eigenvalue weighted by molar-refractivity contribution is -0.120. The Bertz CT molecular complexity index is 818. The molecule has 1 fully saturated rings. The number of thiazole rings is 1. The summed E-state index contributed by atoms with van der Waals surface area (Å²) in [6, 6.07) is 9.63. The van der Waals surface area contributed by atoms with Gasteiger partial charge in [-0.25, -0.2) is 13.4 Å². The van der Waals surface area contributed by atoms with E-state index in [1.807, 2.05) is 42.6 Å². The molecule has 5 nitrogen and oxygen atoms in total. The molecule has 0 saturated carbocycles. The van der Waals surface area contributed by atoms with Gasteiger partial charge in [0.05, 0.1) is 22.4 Å². The maximum Gasteiger partial charge on any atom is 0.233 e. The molecule has 0 radical (unpaired) electrons. The third-order valence-corrected chi connectivity index (χ3v) is 7.62. The lowest BCUT2D eigenvalue weighted by Gasteiger charge is -2.14. The lowest BCUT2D eigenvalue weighted by atomic mass is 10.2. The number of carbonyl (C=O) groups is 1. The van der Waals surface area contributed by atoms with Gasteiger partial charge in [-0.05, 0) is 13.3 Å². The van der Waals surface area contributed by atoms with Crippen LogP contribution in [-0.4, -0.2) is 42.1 Å². The van der Waals surface area contributed by atoms with E-state index in [0.717, 1.165) is 15.6 Å². The van der Waals surface area contributed by atoms with Gasteiger partial charge in [-0.15, -0.1) is 11.3 Å². The van der Waals surface area contributed by atoms with Crippen molar-refractivity contribution in [3.05, 3.63) is 35.7 Å². The first-order valence-electron chi connectivity index (χ1n) is 7.61. The molecule has 1 saturated heterocycles. The van der Waals surface area contributed by atoms with Crippen LogP contribution in [0.25, 0.3) is 11.3 Å². The molecule has 1 aliphatic rings. The number of sulfone groups is 1. The van der Waals surface area contributed by atoms with Crippen LogP contribution in [0.3, 0.4) is 0 Å². The Hall–Kier alpha value is -1.38. The molecule has 0 bridgehead atoms. The predicted octanol–water partition coefficient (Wildman–Crippen LogP) is 2.59. The molecule has 2 heterocycles. The largest absolute Gasteiger partial charge is 0.351 e. The zero-order valence-electron chi connectivity index (χ0n) is 13.1. The fraction of sp³-hybridized carbons (Fsp3) is 0.375. The lowest BCUT2D eigenvalue weighted by Crippen LogP contribution is -2.39. The second-order valence-electron chi connectivity index (χ2n) is 5.73. The van der Waals surface area contributed by atoms with Crippen molar-refractivity contribution in [2.75, 3.05) is 11.5 Å². The van der Waals surface area contributed by atoms with Crippen LogP contribution in [0.2, 0.25) is 0 Å². The summed E-state index contributed by atoms with van der Waals surface area (Å²) >= 11 is 2.90. The molecule has 3 rings (SSSR count). The molecule has 0 aliphatic carbocycles. The summed E-state index contributed by atoms with van der Waals surface area (Å²) in [5, 5.41) is 4.49. The Morgan fingerprint density at radius 1 is 1.38 bits per heavy atom. The molecule has 1 N–H and O–H groups in total. The first-order valence-corrected chi connectivity index (χ1v) is 11.2. The van der Waals surface area contributed by atoms with Gasteiger partial charge in [0.1, 0.15) is 0 Å². The summed E-state index contributed by atoms with van der Waals surface area (Å²) < 4.78 is 23.7. The third-order valence-electron chi connectivity index (χ3n) is 3.78. The Balaban J connectivity index is 1.58. The number of nitrogens with zero attached hydrogens (tertiary/aromatic N) is 1. The van der Waals surface area contributed by atoms with Crippen LogP contribution in [0.5, 0.6) is 0 Å². The van der Waals surface area contributed by atoms with Crippen molar-refractivity contribution >= 4 is 38.8 Å². The van der Waals surface area contributed by atoms with E-state index in [0.29, 0.717) is 6.42 Å². The zero-order chi connectivity index (χ0) is 17.2. The van der Waals surface area contributed by atoms with Crippen molar-refractivity contribution < 1.29 is 13.2 Å². The Kier molecular flexibility index (Phi) is 5.27. The van der Waals surface area contributed by atoms with E-state index < -0.39 is 9.84 Å². The van der Waals surface area contributed by atoms with Gasteiger partial charge < -0.3 is 5.32 Å². The SMILES string of the molecule is CC(Sc1nc(-c2ccccc2)cs1)C(=O)NC1CCS(=O)(=O)C1. The van der Waals surface area contributed by atoms with Gasteiger partial charge in [0.2, 0.25) is 5.91 Å². The highest BCUT2D eigenvalue weighted by atomic mass is 32.2. The fourth-order valence-corrected chi connectivity index (χ4v) is 6.14. The van der Waals surface area contributed by atoms with Gasteiger partial charge in [0.25, 0.3) is 0 Å². The quantitative estimate of drug-likeness (QED) is 0.805. The summed E-state index contributed by atoms with van der Waals surface area (Å²) in [5.74, 6) is 0.0660. The van der Waals surface area contributed by atoms with Crippen LogP contribution in [0.4, 0.5) is 0 Å². The number of hydrogen-bond donors (Lipinski definition) is 1. The fourth-order valence-electron chi connectivity index (χ4n) is 2.49. The molecular formula is C16H18N2O3S3. The van der Waals surface area contributed by atoms with E-state index in [1.165, 1.54) is 23.1 Å². The second kappa shape index (κ2) is 7.25. The molecule has 1 aromatic heterocycles. The third kappa shape index (κ3) is 4.37. The summed E-state index contributed by atoms with van der Waals surface area (Å²) in [6.45, 7) is 1.81. The van der Waals surface area contributed by atoms with Gasteiger partial charge in [-0.1, -0.05) is 42.1 Å².